The molecule has 0 aliphatic carbocycles. The highest BCUT2D eigenvalue weighted by atomic mass is 19.2. The van der Waals surface area contributed by atoms with Crippen molar-refractivity contribution >= 4 is 0 Å². The smallest absolute Gasteiger partial charge is 0.194 e. The van der Waals surface area contributed by atoms with Crippen LogP contribution in [0.5, 0.6) is 5.75 Å². The Morgan fingerprint density at radius 3 is 1.63 bits per heavy atom. The molecule has 0 heterocycles. The Bertz CT molecular complexity index is 593. The van der Waals surface area contributed by atoms with Gasteiger partial charge in [0.25, 0.3) is 0 Å². The number of ether oxygens (including phenoxy) is 1. The molecule has 2 aromatic rings. The summed E-state index contributed by atoms with van der Waals surface area (Å²) in [5.41, 5.74) is -1.09. The maximum absolute atomic E-state index is 13.7. The van der Waals surface area contributed by atoms with Gasteiger partial charge in [-0.05, 0) is 17.7 Å². The molecule has 0 aromatic heterocycles. The Morgan fingerprint density at radius 1 is 0.737 bits per heavy atom. The summed E-state index contributed by atoms with van der Waals surface area (Å²) in [6.45, 7) is 0. The van der Waals surface area contributed by atoms with E-state index in [0.717, 1.165) is 12.1 Å². The van der Waals surface area contributed by atoms with Crippen molar-refractivity contribution in [3.8, 4) is 16.9 Å². The number of methoxy groups -OCH3 is 1. The molecule has 0 radical (unpaired) electrons. The molecule has 0 aliphatic heterocycles. The fourth-order valence-electron chi connectivity index (χ4n) is 1.64. The third kappa shape index (κ3) is 2.38. The first kappa shape index (κ1) is 13.3. The molecule has 100 valence electrons. The van der Waals surface area contributed by atoms with E-state index in [2.05, 4.69) is 4.74 Å². The number of halogens is 5. The molecule has 2 rings (SSSR count). The van der Waals surface area contributed by atoms with Crippen molar-refractivity contribution in [1.82, 2.24) is 0 Å². The summed E-state index contributed by atoms with van der Waals surface area (Å²) in [4.78, 5) is 0. The van der Waals surface area contributed by atoms with Crippen LogP contribution in [0, 0.1) is 29.1 Å². The summed E-state index contributed by atoms with van der Waals surface area (Å²) in [6.07, 6.45) is 0. The predicted molar refractivity (Wildman–Crippen MR) is 58.2 cm³/mol. The standard InChI is InChI=1S/C13H7F5O/c1-19-7-4-8(14)12(9(15)5-7)6-2-10(16)13(18)11(17)3-6/h2-5H,1H3. The average Bonchev–Trinajstić information content (AvgIpc) is 2.34. The minimum Gasteiger partial charge on any atom is -0.497 e. The van der Waals surface area contributed by atoms with Gasteiger partial charge in [0.05, 0.1) is 12.7 Å². The van der Waals surface area contributed by atoms with Crippen molar-refractivity contribution in [2.75, 3.05) is 7.11 Å². The Labute approximate surface area is 105 Å². The number of hydrogen-bond donors (Lipinski definition) is 0. The summed E-state index contributed by atoms with van der Waals surface area (Å²) in [7, 11) is 1.21. The number of benzene rings is 2. The van der Waals surface area contributed by atoms with Gasteiger partial charge in [-0.2, -0.15) is 0 Å². The van der Waals surface area contributed by atoms with Crippen LogP contribution in [0.3, 0.4) is 0 Å². The van der Waals surface area contributed by atoms with Gasteiger partial charge in [0, 0.05) is 12.1 Å². The van der Waals surface area contributed by atoms with Gasteiger partial charge in [-0.15, -0.1) is 0 Å². The second kappa shape index (κ2) is 4.87. The van der Waals surface area contributed by atoms with E-state index in [1.165, 1.54) is 7.11 Å². The molecule has 0 atom stereocenters. The summed E-state index contributed by atoms with van der Waals surface area (Å²) in [6, 6.07) is 2.76. The van der Waals surface area contributed by atoms with Gasteiger partial charge >= 0.3 is 0 Å². The summed E-state index contributed by atoms with van der Waals surface area (Å²) in [5, 5.41) is 0. The van der Waals surface area contributed by atoms with E-state index in [1.54, 1.807) is 0 Å². The van der Waals surface area contributed by atoms with Crippen molar-refractivity contribution in [3.05, 3.63) is 53.4 Å². The molecule has 0 aliphatic rings. The highest BCUT2D eigenvalue weighted by molar-refractivity contribution is 5.66. The molecule has 6 heteroatoms. The second-order valence-corrected chi connectivity index (χ2v) is 3.72. The maximum atomic E-state index is 13.7. The van der Waals surface area contributed by atoms with Gasteiger partial charge in [-0.25, -0.2) is 22.0 Å². The fourth-order valence-corrected chi connectivity index (χ4v) is 1.64. The highest BCUT2D eigenvalue weighted by Gasteiger charge is 2.18. The van der Waals surface area contributed by atoms with Gasteiger partial charge in [0.2, 0.25) is 0 Å². The van der Waals surface area contributed by atoms with Gasteiger partial charge in [-0.1, -0.05) is 0 Å². The Balaban J connectivity index is 2.66. The highest BCUT2D eigenvalue weighted by Crippen LogP contribution is 2.31. The quantitative estimate of drug-likeness (QED) is 0.592. The Kier molecular flexibility index (Phi) is 3.42. The maximum Gasteiger partial charge on any atom is 0.194 e. The van der Waals surface area contributed by atoms with E-state index < -0.39 is 40.2 Å². The van der Waals surface area contributed by atoms with E-state index in [9.17, 15) is 22.0 Å². The zero-order valence-corrected chi connectivity index (χ0v) is 9.61. The zero-order chi connectivity index (χ0) is 14.2. The molecule has 0 fully saturated rings. The van der Waals surface area contributed by atoms with Crippen LogP contribution in [0.4, 0.5) is 22.0 Å². The molecule has 0 saturated heterocycles. The molecule has 0 amide bonds. The van der Waals surface area contributed by atoms with Crippen molar-refractivity contribution in [1.29, 1.82) is 0 Å². The third-order valence-electron chi connectivity index (χ3n) is 2.52. The molecule has 19 heavy (non-hydrogen) atoms. The largest absolute Gasteiger partial charge is 0.497 e. The van der Waals surface area contributed by atoms with Crippen molar-refractivity contribution in [2.24, 2.45) is 0 Å². The van der Waals surface area contributed by atoms with E-state index in [-0.39, 0.29) is 5.75 Å². The Morgan fingerprint density at radius 2 is 1.21 bits per heavy atom. The van der Waals surface area contributed by atoms with Crippen LogP contribution in [-0.2, 0) is 0 Å². The van der Waals surface area contributed by atoms with E-state index in [1.807, 2.05) is 0 Å². The SMILES string of the molecule is COc1cc(F)c(-c2cc(F)c(F)c(F)c2)c(F)c1. The second-order valence-electron chi connectivity index (χ2n) is 3.72. The molecule has 0 unspecified atom stereocenters. The van der Waals surface area contributed by atoms with Gasteiger partial charge in [0.1, 0.15) is 17.4 Å². The molecule has 0 bridgehead atoms. The van der Waals surface area contributed by atoms with E-state index >= 15 is 0 Å². The summed E-state index contributed by atoms with van der Waals surface area (Å²) >= 11 is 0. The van der Waals surface area contributed by atoms with Crippen molar-refractivity contribution in [3.63, 3.8) is 0 Å². The van der Waals surface area contributed by atoms with Crippen LogP contribution in [0.2, 0.25) is 0 Å². The van der Waals surface area contributed by atoms with Crippen LogP contribution in [0.1, 0.15) is 0 Å². The lowest BCUT2D eigenvalue weighted by atomic mass is 10.0. The lowest BCUT2D eigenvalue weighted by Gasteiger charge is -2.08. The van der Waals surface area contributed by atoms with E-state index in [4.69, 9.17) is 0 Å². The van der Waals surface area contributed by atoms with Crippen molar-refractivity contribution in [2.45, 2.75) is 0 Å². The monoisotopic (exact) mass is 274 g/mol. The predicted octanol–water partition coefficient (Wildman–Crippen LogP) is 4.06. The van der Waals surface area contributed by atoms with Crippen LogP contribution in [0.25, 0.3) is 11.1 Å². The Hall–Kier alpha value is -2.11. The van der Waals surface area contributed by atoms with Gasteiger partial charge in [-0.3, -0.25) is 0 Å². The topological polar surface area (TPSA) is 9.23 Å². The first-order valence-electron chi connectivity index (χ1n) is 5.12. The van der Waals surface area contributed by atoms with Gasteiger partial charge in [0.15, 0.2) is 17.5 Å². The normalized spacial score (nSPS) is 10.6. The summed E-state index contributed by atoms with van der Waals surface area (Å²) in [5.74, 6) is -6.96. The number of hydrogen-bond acceptors (Lipinski definition) is 1. The third-order valence-corrected chi connectivity index (χ3v) is 2.52. The first-order chi connectivity index (χ1) is 8.93. The minimum atomic E-state index is -1.70. The van der Waals surface area contributed by atoms with Gasteiger partial charge < -0.3 is 4.74 Å². The summed E-state index contributed by atoms with van der Waals surface area (Å²) < 4.78 is 70.9. The molecule has 0 saturated carbocycles. The fraction of sp³-hybridized carbons (Fsp3) is 0.0769. The minimum absolute atomic E-state index is 0.0817. The van der Waals surface area contributed by atoms with Crippen LogP contribution in [-0.4, -0.2) is 7.11 Å². The molecule has 0 spiro atoms. The molecule has 2 aromatic carbocycles. The lowest BCUT2D eigenvalue weighted by Crippen LogP contribution is -1.97. The average molecular weight is 274 g/mol. The first-order valence-corrected chi connectivity index (χ1v) is 5.12. The van der Waals surface area contributed by atoms with Crippen LogP contribution < -0.4 is 4.74 Å². The zero-order valence-electron chi connectivity index (χ0n) is 9.61. The molecule has 1 nitrogen and oxygen atoms in total. The number of rotatable bonds is 2. The van der Waals surface area contributed by atoms with Crippen molar-refractivity contribution < 1.29 is 26.7 Å². The molecular weight excluding hydrogens is 267 g/mol. The van der Waals surface area contributed by atoms with Crippen LogP contribution >= 0.6 is 0 Å². The van der Waals surface area contributed by atoms with Crippen LogP contribution in [0.15, 0.2) is 24.3 Å². The molecular formula is C13H7F5O. The lowest BCUT2D eigenvalue weighted by molar-refractivity contribution is 0.407. The molecule has 0 N–H and O–H groups in total. The van der Waals surface area contributed by atoms with E-state index in [0.29, 0.717) is 12.1 Å².